The first kappa shape index (κ1) is 20.2. The van der Waals surface area contributed by atoms with Crippen LogP contribution in [0.25, 0.3) is 21.2 Å². The first-order valence-electron chi connectivity index (χ1n) is 8.89. The molecule has 0 spiro atoms. The van der Waals surface area contributed by atoms with Crippen molar-refractivity contribution in [3.05, 3.63) is 60.6 Å². The average Bonchev–Trinajstić information content (AvgIpc) is 3.35. The average molecular weight is 436 g/mol. The van der Waals surface area contributed by atoms with Crippen molar-refractivity contribution in [2.75, 3.05) is 11.9 Å². The fourth-order valence-electron chi connectivity index (χ4n) is 2.89. The molecule has 4 aromatic rings. The van der Waals surface area contributed by atoms with Crippen LogP contribution in [0.15, 0.2) is 48.9 Å². The summed E-state index contributed by atoms with van der Waals surface area (Å²) in [6.45, 7) is 0.439. The minimum Gasteiger partial charge on any atom is -0.360 e. The van der Waals surface area contributed by atoms with E-state index in [4.69, 9.17) is 5.73 Å². The van der Waals surface area contributed by atoms with Gasteiger partial charge in [-0.2, -0.15) is 22.7 Å². The Bertz CT molecular complexity index is 1170. The zero-order valence-corrected chi connectivity index (χ0v) is 16.2. The summed E-state index contributed by atoms with van der Waals surface area (Å²) >= 11 is 1.40. The van der Waals surface area contributed by atoms with Crippen molar-refractivity contribution < 1.29 is 17.6 Å². The van der Waals surface area contributed by atoms with Crippen LogP contribution < -0.4 is 11.1 Å². The first-order chi connectivity index (χ1) is 14.3. The maximum absolute atomic E-state index is 13.4. The lowest BCUT2D eigenvalue weighted by Gasteiger charge is -2.12. The van der Waals surface area contributed by atoms with Gasteiger partial charge in [0.25, 0.3) is 0 Å². The Labute approximate surface area is 172 Å². The summed E-state index contributed by atoms with van der Waals surface area (Å²) in [6, 6.07) is 7.45. The van der Waals surface area contributed by atoms with Crippen molar-refractivity contribution in [1.82, 2.24) is 19.7 Å². The number of rotatable bonds is 6. The highest BCUT2D eigenvalue weighted by atomic mass is 32.1. The Morgan fingerprint density at radius 3 is 2.70 bits per heavy atom. The molecule has 1 atom stereocenters. The topological polar surface area (TPSA) is 81.6 Å². The Morgan fingerprint density at radius 1 is 1.10 bits per heavy atom. The van der Waals surface area contributed by atoms with E-state index in [1.54, 1.807) is 6.20 Å². The molecule has 0 amide bonds. The highest BCUT2D eigenvalue weighted by Crippen LogP contribution is 2.31. The van der Waals surface area contributed by atoms with E-state index in [2.05, 4.69) is 20.4 Å². The summed E-state index contributed by atoms with van der Waals surface area (Å²) in [5.74, 6) is -0.542. The van der Waals surface area contributed by atoms with Crippen LogP contribution in [0.3, 0.4) is 0 Å². The number of alkyl halides is 3. The molecule has 0 fully saturated rings. The molecular weight excluding hydrogens is 420 g/mol. The molecule has 3 N–H and O–H groups in total. The Morgan fingerprint density at radius 2 is 1.93 bits per heavy atom. The van der Waals surface area contributed by atoms with Crippen molar-refractivity contribution in [3.8, 4) is 10.4 Å². The molecule has 30 heavy (non-hydrogen) atoms. The third-order valence-electron chi connectivity index (χ3n) is 4.35. The van der Waals surface area contributed by atoms with E-state index in [1.165, 1.54) is 34.5 Å². The normalized spacial score (nSPS) is 13.0. The van der Waals surface area contributed by atoms with Crippen LogP contribution in [0.4, 0.5) is 22.7 Å². The number of fused-ring (bicyclic) bond motifs is 1. The van der Waals surface area contributed by atoms with Crippen LogP contribution in [-0.4, -0.2) is 32.3 Å². The molecule has 1 aromatic carbocycles. The Kier molecular flexibility index (Phi) is 5.39. The number of hydrogen-bond donors (Lipinski definition) is 2. The second kappa shape index (κ2) is 8.00. The number of halogens is 4. The van der Waals surface area contributed by atoms with Gasteiger partial charge in [0.2, 0.25) is 5.95 Å². The van der Waals surface area contributed by atoms with Crippen LogP contribution in [-0.2, 0) is 12.7 Å². The van der Waals surface area contributed by atoms with E-state index >= 15 is 0 Å². The number of anilines is 1. The third-order valence-corrected chi connectivity index (χ3v) is 5.35. The molecule has 0 radical (unpaired) electrons. The van der Waals surface area contributed by atoms with Crippen molar-refractivity contribution in [1.29, 1.82) is 0 Å². The number of benzene rings is 1. The van der Waals surface area contributed by atoms with Gasteiger partial charge in [-0.15, -0.1) is 0 Å². The molecule has 0 aliphatic carbocycles. The third kappa shape index (κ3) is 4.57. The lowest BCUT2D eigenvalue weighted by atomic mass is 10.1. The molecule has 3 heterocycles. The number of nitrogens with two attached hydrogens (primary N) is 1. The van der Waals surface area contributed by atoms with Crippen molar-refractivity contribution >= 4 is 27.2 Å². The van der Waals surface area contributed by atoms with E-state index in [-0.39, 0.29) is 6.54 Å². The zero-order chi connectivity index (χ0) is 21.3. The fourth-order valence-corrected chi connectivity index (χ4v) is 3.71. The molecule has 156 valence electrons. The van der Waals surface area contributed by atoms with E-state index in [1.807, 2.05) is 18.2 Å². The molecule has 0 bridgehead atoms. The predicted molar refractivity (Wildman–Crippen MR) is 107 cm³/mol. The van der Waals surface area contributed by atoms with Crippen molar-refractivity contribution in [2.45, 2.75) is 18.8 Å². The molecule has 0 saturated carbocycles. The van der Waals surface area contributed by atoms with E-state index in [0.29, 0.717) is 11.7 Å². The smallest absolute Gasteiger partial charge is 0.360 e. The van der Waals surface area contributed by atoms with Gasteiger partial charge < -0.3 is 11.1 Å². The Hall–Kier alpha value is -3.05. The lowest BCUT2D eigenvalue weighted by Crippen LogP contribution is -2.33. The quantitative estimate of drug-likeness (QED) is 0.351. The van der Waals surface area contributed by atoms with Crippen molar-refractivity contribution in [3.63, 3.8) is 0 Å². The SMILES string of the molecule is N[C@H](CNc1ncc(-c2ccc3cnc(F)cc3c2)s1)Cn1ccc(C(F)(F)F)n1. The second-order valence-electron chi connectivity index (χ2n) is 6.66. The number of pyridine rings is 1. The van der Waals surface area contributed by atoms with Gasteiger partial charge in [0.15, 0.2) is 10.8 Å². The van der Waals surface area contributed by atoms with Gasteiger partial charge >= 0.3 is 6.18 Å². The van der Waals surface area contributed by atoms with E-state index in [0.717, 1.165) is 27.3 Å². The molecule has 6 nitrogen and oxygen atoms in total. The minimum absolute atomic E-state index is 0.131. The van der Waals surface area contributed by atoms with Crippen LogP contribution in [0.2, 0.25) is 0 Å². The van der Waals surface area contributed by atoms with Gasteiger partial charge in [0.05, 0.1) is 11.4 Å². The predicted octanol–water partition coefficient (Wildman–Crippen LogP) is 4.15. The molecule has 4 rings (SSSR count). The van der Waals surface area contributed by atoms with Gasteiger partial charge in [0, 0.05) is 42.6 Å². The van der Waals surface area contributed by atoms with Crippen LogP contribution in [0.5, 0.6) is 0 Å². The standard InChI is InChI=1S/C19H16F4N6S/c20-17-6-13-5-11(1-2-12(13)7-25-17)15-9-27-18(30-15)26-8-14(24)10-29-4-3-16(28-29)19(21,22)23/h1-7,9,14H,8,10,24H2,(H,26,27)/t14-/m1/s1. The van der Waals surface area contributed by atoms with Gasteiger partial charge in [0.1, 0.15) is 0 Å². The van der Waals surface area contributed by atoms with Crippen LogP contribution >= 0.6 is 11.3 Å². The van der Waals surface area contributed by atoms with E-state index < -0.39 is 23.9 Å². The summed E-state index contributed by atoms with van der Waals surface area (Å²) in [5, 5.41) is 8.77. The molecule has 0 unspecified atom stereocenters. The zero-order valence-electron chi connectivity index (χ0n) is 15.4. The number of thiazole rings is 1. The lowest BCUT2D eigenvalue weighted by molar-refractivity contribution is -0.141. The summed E-state index contributed by atoms with van der Waals surface area (Å²) in [7, 11) is 0. The number of nitrogens with one attached hydrogen (secondary N) is 1. The maximum atomic E-state index is 13.4. The number of nitrogens with zero attached hydrogens (tertiary/aromatic N) is 4. The van der Waals surface area contributed by atoms with Gasteiger partial charge in [-0.1, -0.05) is 23.5 Å². The number of hydrogen-bond acceptors (Lipinski definition) is 6. The summed E-state index contributed by atoms with van der Waals surface area (Å²) in [6.07, 6.45) is -0.0503. The Balaban J connectivity index is 1.38. The molecule has 11 heteroatoms. The van der Waals surface area contributed by atoms with E-state index in [9.17, 15) is 17.6 Å². The highest BCUT2D eigenvalue weighted by Gasteiger charge is 2.33. The van der Waals surface area contributed by atoms with Gasteiger partial charge in [-0.05, 0) is 23.1 Å². The molecule has 0 saturated heterocycles. The van der Waals surface area contributed by atoms with Crippen LogP contribution in [0.1, 0.15) is 5.69 Å². The van der Waals surface area contributed by atoms with Gasteiger partial charge in [-0.25, -0.2) is 9.97 Å². The highest BCUT2D eigenvalue weighted by molar-refractivity contribution is 7.18. The monoisotopic (exact) mass is 436 g/mol. The van der Waals surface area contributed by atoms with Crippen LogP contribution in [0, 0.1) is 5.95 Å². The maximum Gasteiger partial charge on any atom is 0.435 e. The second-order valence-corrected chi connectivity index (χ2v) is 7.69. The summed E-state index contributed by atoms with van der Waals surface area (Å²) in [5.41, 5.74) is 5.94. The fraction of sp³-hybridized carbons (Fsp3) is 0.211. The molecule has 3 aromatic heterocycles. The largest absolute Gasteiger partial charge is 0.435 e. The molecule has 0 aliphatic heterocycles. The summed E-state index contributed by atoms with van der Waals surface area (Å²) < 4.78 is 52.4. The minimum atomic E-state index is -4.48. The van der Waals surface area contributed by atoms with Gasteiger partial charge in [-0.3, -0.25) is 4.68 Å². The first-order valence-corrected chi connectivity index (χ1v) is 9.71. The molecular formula is C19H16F4N6S. The molecule has 0 aliphatic rings. The number of aromatic nitrogens is 4. The summed E-state index contributed by atoms with van der Waals surface area (Å²) in [4.78, 5) is 8.82. The van der Waals surface area contributed by atoms with Crippen molar-refractivity contribution in [2.24, 2.45) is 5.73 Å².